The van der Waals surface area contributed by atoms with E-state index in [4.69, 9.17) is 0 Å². The van der Waals surface area contributed by atoms with Crippen LogP contribution in [0.3, 0.4) is 0 Å². The standard InChI is InChI=1S/C14H15F3N2O2/c1-6(2)12-14(21)19(7(3)13(20)18-12)9-5-4-8(15)10(16)11(9)17/h4-7,12H,1-3H3,(H,18,20). The molecule has 0 aliphatic carbocycles. The molecular formula is C14H15F3N2O2. The van der Waals surface area contributed by atoms with E-state index in [9.17, 15) is 22.8 Å². The summed E-state index contributed by atoms with van der Waals surface area (Å²) in [5.41, 5.74) is -0.438. The van der Waals surface area contributed by atoms with Crippen LogP contribution in [0.15, 0.2) is 12.1 Å². The van der Waals surface area contributed by atoms with Crippen LogP contribution < -0.4 is 10.2 Å². The maximum Gasteiger partial charge on any atom is 0.250 e. The van der Waals surface area contributed by atoms with E-state index in [2.05, 4.69) is 5.32 Å². The number of halogens is 3. The second-order valence-corrected chi connectivity index (χ2v) is 5.31. The average molecular weight is 300 g/mol. The van der Waals surface area contributed by atoms with Crippen LogP contribution in [0.25, 0.3) is 0 Å². The number of carbonyl (C=O) groups is 2. The van der Waals surface area contributed by atoms with Crippen molar-refractivity contribution in [3.63, 3.8) is 0 Å². The first-order valence-corrected chi connectivity index (χ1v) is 6.52. The Hall–Kier alpha value is -2.05. The quantitative estimate of drug-likeness (QED) is 0.849. The van der Waals surface area contributed by atoms with Crippen molar-refractivity contribution < 1.29 is 22.8 Å². The summed E-state index contributed by atoms with van der Waals surface area (Å²) in [7, 11) is 0. The van der Waals surface area contributed by atoms with Crippen molar-refractivity contribution in [1.29, 1.82) is 0 Å². The first-order valence-electron chi connectivity index (χ1n) is 6.52. The largest absolute Gasteiger partial charge is 0.342 e. The first kappa shape index (κ1) is 15.3. The zero-order valence-electron chi connectivity index (χ0n) is 11.8. The molecule has 2 rings (SSSR count). The van der Waals surface area contributed by atoms with Gasteiger partial charge in [-0.1, -0.05) is 13.8 Å². The van der Waals surface area contributed by atoms with Crippen LogP contribution in [-0.4, -0.2) is 23.9 Å². The van der Waals surface area contributed by atoms with E-state index in [1.54, 1.807) is 13.8 Å². The van der Waals surface area contributed by atoms with Crippen molar-refractivity contribution in [2.45, 2.75) is 32.9 Å². The molecule has 0 radical (unpaired) electrons. The Labute approximate surface area is 119 Å². The zero-order chi connectivity index (χ0) is 15.9. The van der Waals surface area contributed by atoms with Crippen molar-refractivity contribution >= 4 is 17.5 Å². The summed E-state index contributed by atoms with van der Waals surface area (Å²) in [6, 6.07) is -0.156. The number of amides is 2. The summed E-state index contributed by atoms with van der Waals surface area (Å²) in [6.07, 6.45) is 0. The predicted octanol–water partition coefficient (Wildman–Crippen LogP) is 1.98. The number of hydrogen-bond acceptors (Lipinski definition) is 2. The Morgan fingerprint density at radius 3 is 2.33 bits per heavy atom. The van der Waals surface area contributed by atoms with Gasteiger partial charge >= 0.3 is 0 Å². The van der Waals surface area contributed by atoms with Crippen molar-refractivity contribution in [2.75, 3.05) is 4.90 Å². The molecule has 1 aromatic rings. The third-order valence-corrected chi connectivity index (χ3v) is 3.51. The van der Waals surface area contributed by atoms with Crippen molar-refractivity contribution in [3.8, 4) is 0 Å². The fraction of sp³-hybridized carbons (Fsp3) is 0.429. The second kappa shape index (κ2) is 5.38. The average Bonchev–Trinajstić information content (AvgIpc) is 2.42. The molecule has 2 amide bonds. The highest BCUT2D eigenvalue weighted by molar-refractivity contribution is 6.08. The van der Waals surface area contributed by atoms with Crippen LogP contribution in [0.2, 0.25) is 0 Å². The van der Waals surface area contributed by atoms with Crippen molar-refractivity contribution in [1.82, 2.24) is 5.32 Å². The molecule has 1 heterocycles. The van der Waals surface area contributed by atoms with Gasteiger partial charge in [0.25, 0.3) is 5.91 Å². The van der Waals surface area contributed by atoms with E-state index >= 15 is 0 Å². The van der Waals surface area contributed by atoms with Gasteiger partial charge in [0, 0.05) is 0 Å². The molecule has 21 heavy (non-hydrogen) atoms. The van der Waals surface area contributed by atoms with E-state index in [0.29, 0.717) is 0 Å². The van der Waals surface area contributed by atoms with Gasteiger partial charge in [-0.15, -0.1) is 0 Å². The molecule has 2 unspecified atom stereocenters. The molecule has 1 aromatic carbocycles. The smallest absolute Gasteiger partial charge is 0.250 e. The highest BCUT2D eigenvalue weighted by Crippen LogP contribution is 2.28. The van der Waals surface area contributed by atoms with Gasteiger partial charge in [-0.25, -0.2) is 13.2 Å². The lowest BCUT2D eigenvalue weighted by Gasteiger charge is -2.38. The fourth-order valence-electron chi connectivity index (χ4n) is 2.27. The minimum absolute atomic E-state index is 0.218. The summed E-state index contributed by atoms with van der Waals surface area (Å²) in [4.78, 5) is 25.2. The van der Waals surface area contributed by atoms with Gasteiger partial charge in [0.2, 0.25) is 5.91 Å². The monoisotopic (exact) mass is 300 g/mol. The molecule has 1 N–H and O–H groups in total. The lowest BCUT2D eigenvalue weighted by atomic mass is 9.97. The molecule has 4 nitrogen and oxygen atoms in total. The van der Waals surface area contributed by atoms with Crippen LogP contribution in [-0.2, 0) is 9.59 Å². The third-order valence-electron chi connectivity index (χ3n) is 3.51. The van der Waals surface area contributed by atoms with Gasteiger partial charge < -0.3 is 5.32 Å². The normalized spacial score (nSPS) is 22.7. The first-order chi connectivity index (χ1) is 9.75. The molecular weight excluding hydrogens is 285 g/mol. The molecule has 0 spiro atoms. The molecule has 7 heteroatoms. The second-order valence-electron chi connectivity index (χ2n) is 5.31. The van der Waals surface area contributed by atoms with Crippen LogP contribution in [0, 0.1) is 23.4 Å². The Bertz CT molecular complexity index is 604. The lowest BCUT2D eigenvalue weighted by molar-refractivity contribution is -0.134. The van der Waals surface area contributed by atoms with E-state index < -0.39 is 47.0 Å². The van der Waals surface area contributed by atoms with Gasteiger partial charge in [-0.05, 0) is 25.0 Å². The molecule has 1 aliphatic heterocycles. The zero-order valence-corrected chi connectivity index (χ0v) is 11.8. The molecule has 114 valence electrons. The summed E-state index contributed by atoms with van der Waals surface area (Å²) < 4.78 is 40.3. The van der Waals surface area contributed by atoms with Crippen molar-refractivity contribution in [2.24, 2.45) is 5.92 Å². The van der Waals surface area contributed by atoms with E-state index in [1.807, 2.05) is 0 Å². The summed E-state index contributed by atoms with van der Waals surface area (Å²) in [5, 5.41) is 2.54. The number of piperazine rings is 1. The third kappa shape index (κ3) is 2.48. The van der Waals surface area contributed by atoms with E-state index in [-0.39, 0.29) is 5.92 Å². The molecule has 1 aliphatic rings. The Morgan fingerprint density at radius 1 is 1.14 bits per heavy atom. The number of hydrogen-bond donors (Lipinski definition) is 1. The van der Waals surface area contributed by atoms with Crippen LogP contribution in [0.4, 0.5) is 18.9 Å². The highest BCUT2D eigenvalue weighted by Gasteiger charge is 2.41. The predicted molar refractivity (Wildman–Crippen MR) is 70.0 cm³/mol. The molecule has 1 saturated heterocycles. The molecule has 1 fully saturated rings. The number of anilines is 1. The van der Waals surface area contributed by atoms with E-state index in [1.165, 1.54) is 6.92 Å². The summed E-state index contributed by atoms with van der Waals surface area (Å²) in [6.45, 7) is 4.84. The maximum atomic E-state index is 13.9. The Morgan fingerprint density at radius 2 is 1.76 bits per heavy atom. The van der Waals surface area contributed by atoms with Gasteiger partial charge in [-0.3, -0.25) is 14.5 Å². The number of benzene rings is 1. The maximum absolute atomic E-state index is 13.9. The minimum Gasteiger partial charge on any atom is -0.342 e. The molecule has 2 atom stereocenters. The Balaban J connectivity index is 2.52. The van der Waals surface area contributed by atoms with Crippen LogP contribution >= 0.6 is 0 Å². The molecule has 0 aromatic heterocycles. The number of nitrogens with zero attached hydrogens (tertiary/aromatic N) is 1. The summed E-state index contributed by atoms with van der Waals surface area (Å²) >= 11 is 0. The fourth-order valence-corrected chi connectivity index (χ4v) is 2.27. The topological polar surface area (TPSA) is 49.4 Å². The van der Waals surface area contributed by atoms with Crippen molar-refractivity contribution in [3.05, 3.63) is 29.6 Å². The Kier molecular flexibility index (Phi) is 3.93. The van der Waals surface area contributed by atoms with Gasteiger partial charge in [-0.2, -0.15) is 0 Å². The molecule has 0 bridgehead atoms. The minimum atomic E-state index is -1.67. The summed E-state index contributed by atoms with van der Waals surface area (Å²) in [5.74, 6) is -5.74. The SMILES string of the molecule is CC(C)C1NC(=O)C(C)N(c2ccc(F)c(F)c2F)C1=O. The van der Waals surface area contributed by atoms with Gasteiger partial charge in [0.05, 0.1) is 5.69 Å². The molecule has 0 saturated carbocycles. The number of carbonyl (C=O) groups excluding carboxylic acids is 2. The van der Waals surface area contributed by atoms with Gasteiger partial charge in [0.1, 0.15) is 12.1 Å². The van der Waals surface area contributed by atoms with Gasteiger partial charge in [0.15, 0.2) is 17.5 Å². The van der Waals surface area contributed by atoms with Crippen LogP contribution in [0.1, 0.15) is 20.8 Å². The highest BCUT2D eigenvalue weighted by atomic mass is 19.2. The number of rotatable bonds is 2. The lowest BCUT2D eigenvalue weighted by Crippen LogP contribution is -2.64. The van der Waals surface area contributed by atoms with E-state index in [0.717, 1.165) is 17.0 Å². The number of nitrogens with one attached hydrogen (secondary N) is 1. The van der Waals surface area contributed by atoms with Crippen LogP contribution in [0.5, 0.6) is 0 Å².